The predicted molar refractivity (Wildman–Crippen MR) is 238 cm³/mol. The highest BCUT2D eigenvalue weighted by Crippen LogP contribution is 2.51. The molecule has 0 radical (unpaired) electrons. The number of hydrogen-bond acceptors (Lipinski definition) is 3. The molecular formula is C55H37N3. The van der Waals surface area contributed by atoms with E-state index < -0.39 is 0 Å². The summed E-state index contributed by atoms with van der Waals surface area (Å²) in [7, 11) is 0. The summed E-state index contributed by atoms with van der Waals surface area (Å²) in [6.07, 6.45) is 20.6. The molecule has 0 amide bonds. The van der Waals surface area contributed by atoms with Gasteiger partial charge in [0.1, 0.15) is 0 Å². The van der Waals surface area contributed by atoms with E-state index in [-0.39, 0.29) is 5.92 Å². The summed E-state index contributed by atoms with van der Waals surface area (Å²) in [5.74, 6) is 2.51. The fraction of sp³-hybridized carbons (Fsp3) is 0.0364. The molecule has 4 aliphatic carbocycles. The molecule has 0 saturated carbocycles. The van der Waals surface area contributed by atoms with Crippen molar-refractivity contribution in [2.24, 2.45) is 11.8 Å². The highest BCUT2D eigenvalue weighted by atomic mass is 15.0. The van der Waals surface area contributed by atoms with Gasteiger partial charge in [0.05, 0.1) is 0 Å². The first-order valence-corrected chi connectivity index (χ1v) is 19.9. The lowest BCUT2D eigenvalue weighted by atomic mass is 9.63. The van der Waals surface area contributed by atoms with Gasteiger partial charge in [-0.1, -0.05) is 194 Å². The molecule has 0 N–H and O–H groups in total. The van der Waals surface area contributed by atoms with Crippen LogP contribution >= 0.6 is 0 Å². The molecule has 0 saturated heterocycles. The van der Waals surface area contributed by atoms with Crippen LogP contribution in [0.4, 0.5) is 0 Å². The average molecular weight is 740 g/mol. The van der Waals surface area contributed by atoms with Crippen LogP contribution in [0.2, 0.25) is 0 Å². The highest BCUT2D eigenvalue weighted by Gasteiger charge is 2.38. The minimum absolute atomic E-state index is 0.276. The van der Waals surface area contributed by atoms with Crippen LogP contribution in [0.15, 0.2) is 235 Å². The smallest absolute Gasteiger partial charge is 0.164 e. The van der Waals surface area contributed by atoms with Gasteiger partial charge in [-0.25, -0.2) is 15.0 Å². The van der Waals surface area contributed by atoms with Crippen LogP contribution in [0.3, 0.4) is 0 Å². The molecule has 58 heavy (non-hydrogen) atoms. The zero-order chi connectivity index (χ0) is 38.4. The van der Waals surface area contributed by atoms with Gasteiger partial charge in [-0.3, -0.25) is 0 Å². The predicted octanol–water partition coefficient (Wildman–Crippen LogP) is 13.4. The molecule has 0 spiro atoms. The van der Waals surface area contributed by atoms with Gasteiger partial charge in [0.2, 0.25) is 0 Å². The third-order valence-electron chi connectivity index (χ3n) is 11.7. The minimum atomic E-state index is 0.276. The summed E-state index contributed by atoms with van der Waals surface area (Å²) in [6.45, 7) is 0. The Hall–Kier alpha value is -7.49. The van der Waals surface area contributed by atoms with Gasteiger partial charge >= 0.3 is 0 Å². The summed E-state index contributed by atoms with van der Waals surface area (Å²) in [4.78, 5) is 15.6. The van der Waals surface area contributed by atoms with Gasteiger partial charge in [-0.15, -0.1) is 0 Å². The molecule has 272 valence electrons. The molecule has 2 unspecified atom stereocenters. The largest absolute Gasteiger partial charge is 0.208 e. The van der Waals surface area contributed by atoms with Crippen molar-refractivity contribution >= 4 is 5.57 Å². The van der Waals surface area contributed by atoms with E-state index in [4.69, 9.17) is 15.0 Å². The Morgan fingerprint density at radius 3 is 1.28 bits per heavy atom. The molecule has 1 heterocycles. The Balaban J connectivity index is 1.08. The Morgan fingerprint density at radius 1 is 0.293 bits per heavy atom. The van der Waals surface area contributed by atoms with Gasteiger partial charge in [0.25, 0.3) is 0 Å². The lowest BCUT2D eigenvalue weighted by molar-refractivity contribution is 0.566. The summed E-state index contributed by atoms with van der Waals surface area (Å²) in [5.41, 5.74) is 17.5. The van der Waals surface area contributed by atoms with Crippen molar-refractivity contribution in [2.45, 2.75) is 0 Å². The van der Waals surface area contributed by atoms with Gasteiger partial charge in [0.15, 0.2) is 17.5 Å². The van der Waals surface area contributed by atoms with Crippen LogP contribution in [0, 0.1) is 11.8 Å². The number of nitrogens with zero attached hydrogens (tertiary/aromatic N) is 3. The van der Waals surface area contributed by atoms with Crippen molar-refractivity contribution in [3.8, 4) is 67.5 Å². The number of benzene rings is 6. The first-order valence-electron chi connectivity index (χ1n) is 19.9. The molecule has 0 fully saturated rings. The monoisotopic (exact) mass is 739 g/mol. The molecule has 2 atom stereocenters. The minimum Gasteiger partial charge on any atom is -0.208 e. The number of allylic oxidation sites excluding steroid dienone is 14. The SMILES string of the molecule is C1=CC2=CC=C3C=CC(c4cc(-c5ccccc5)cc(-c5nc(-c6ccc(-c7ccccc7)cc6)nc(-c6ccc(-c7ccccc7)cc6)n5)c4)=C4C=CC(=C1)C2C34. The van der Waals surface area contributed by atoms with E-state index >= 15 is 0 Å². The van der Waals surface area contributed by atoms with Crippen LogP contribution in [0.1, 0.15) is 5.56 Å². The van der Waals surface area contributed by atoms with Crippen molar-refractivity contribution in [3.05, 3.63) is 240 Å². The second-order valence-corrected chi connectivity index (χ2v) is 15.2. The summed E-state index contributed by atoms with van der Waals surface area (Å²) in [6, 6.07) is 55.4. The highest BCUT2D eigenvalue weighted by molar-refractivity contribution is 5.88. The molecule has 3 nitrogen and oxygen atoms in total. The number of rotatable bonds is 7. The molecule has 1 aromatic heterocycles. The standard InChI is InChI=1S/C55H37N3/c1-4-11-36(12-5-1)39-19-25-44(26-20-39)53-56-54(45-27-21-40(22-28-45)37-13-6-2-7-14-37)58-55(57-53)48-34-46(38-15-8-3-9-16-38)33-47(35-48)49-31-29-43-24-23-41-17-10-18-42-30-32-50(49)52(43)51(41)42/h1-35,51-52H. The quantitative estimate of drug-likeness (QED) is 0.163. The fourth-order valence-electron chi connectivity index (χ4n) is 8.82. The van der Waals surface area contributed by atoms with E-state index in [1.165, 1.54) is 39.0 Å². The Kier molecular flexibility index (Phi) is 8.29. The Morgan fingerprint density at radius 2 is 0.707 bits per heavy atom. The summed E-state index contributed by atoms with van der Waals surface area (Å²) in [5, 5.41) is 0. The molecule has 7 aromatic rings. The molecule has 0 aliphatic heterocycles. The fourth-order valence-corrected chi connectivity index (χ4v) is 8.82. The zero-order valence-electron chi connectivity index (χ0n) is 31.7. The summed E-state index contributed by atoms with van der Waals surface area (Å²) >= 11 is 0. The third kappa shape index (κ3) is 6.14. The van der Waals surface area contributed by atoms with Crippen molar-refractivity contribution in [1.29, 1.82) is 0 Å². The first-order chi connectivity index (χ1) is 28.7. The topological polar surface area (TPSA) is 38.7 Å². The molecule has 11 rings (SSSR count). The van der Waals surface area contributed by atoms with Crippen LogP contribution in [-0.4, -0.2) is 15.0 Å². The number of aromatic nitrogens is 3. The second-order valence-electron chi connectivity index (χ2n) is 15.2. The maximum Gasteiger partial charge on any atom is 0.164 e. The lowest BCUT2D eigenvalue weighted by Crippen LogP contribution is -2.29. The normalized spacial score (nSPS) is 17.3. The van der Waals surface area contributed by atoms with Crippen LogP contribution < -0.4 is 0 Å². The number of hydrogen-bond donors (Lipinski definition) is 0. The van der Waals surface area contributed by atoms with Gasteiger partial charge in [-0.05, 0) is 85.0 Å². The molecule has 3 heteroatoms. The van der Waals surface area contributed by atoms with Crippen LogP contribution in [0.25, 0.3) is 73.1 Å². The molecular weight excluding hydrogens is 703 g/mol. The Bertz CT molecular complexity index is 2840. The van der Waals surface area contributed by atoms with E-state index in [1.54, 1.807) is 0 Å². The molecule has 0 bridgehead atoms. The Labute approximate surface area is 338 Å². The van der Waals surface area contributed by atoms with Crippen molar-refractivity contribution < 1.29 is 0 Å². The van der Waals surface area contributed by atoms with E-state index in [9.17, 15) is 0 Å². The van der Waals surface area contributed by atoms with Crippen LogP contribution in [0.5, 0.6) is 0 Å². The van der Waals surface area contributed by atoms with Gasteiger partial charge in [-0.2, -0.15) is 0 Å². The van der Waals surface area contributed by atoms with E-state index in [0.29, 0.717) is 23.4 Å². The second kappa shape index (κ2) is 14.2. The zero-order valence-corrected chi connectivity index (χ0v) is 31.7. The van der Waals surface area contributed by atoms with Gasteiger partial charge in [0, 0.05) is 28.5 Å². The van der Waals surface area contributed by atoms with Crippen LogP contribution in [-0.2, 0) is 0 Å². The van der Waals surface area contributed by atoms with E-state index in [2.05, 4.69) is 200 Å². The van der Waals surface area contributed by atoms with Gasteiger partial charge < -0.3 is 0 Å². The third-order valence-corrected chi connectivity index (χ3v) is 11.7. The molecule has 6 aromatic carbocycles. The lowest BCUT2D eigenvalue weighted by Gasteiger charge is -2.40. The average Bonchev–Trinajstić information content (AvgIpc) is 3.31. The van der Waals surface area contributed by atoms with Crippen molar-refractivity contribution in [3.63, 3.8) is 0 Å². The van der Waals surface area contributed by atoms with Crippen molar-refractivity contribution in [2.75, 3.05) is 0 Å². The maximum atomic E-state index is 5.25. The first kappa shape index (κ1) is 33.8. The molecule has 4 aliphatic rings. The summed E-state index contributed by atoms with van der Waals surface area (Å²) < 4.78 is 0. The van der Waals surface area contributed by atoms with E-state index in [1.807, 2.05) is 12.1 Å². The van der Waals surface area contributed by atoms with E-state index in [0.717, 1.165) is 44.5 Å². The van der Waals surface area contributed by atoms with Crippen molar-refractivity contribution in [1.82, 2.24) is 15.0 Å². The maximum absolute atomic E-state index is 5.25.